The van der Waals surface area contributed by atoms with Crippen molar-refractivity contribution in [3.8, 4) is 0 Å². The summed E-state index contributed by atoms with van der Waals surface area (Å²) in [6.07, 6.45) is -9.20. The van der Waals surface area contributed by atoms with Crippen molar-refractivity contribution in [1.29, 1.82) is 0 Å². The predicted molar refractivity (Wildman–Crippen MR) is 79.8 cm³/mol. The highest BCUT2D eigenvalue weighted by Gasteiger charge is 2.75. The Hall–Kier alpha value is -2.20. The number of alkyl halides is 5. The standard InChI is InChI=1S/C17H17F5O6/c1-7(2)12(23)27-10-8-3-9-11(10)28-14(25)16(9,4-8)13(24)26-6-15(18,19)5-17(20,21)22/h8-11H,1,3-6H2,2H3. The largest absolute Gasteiger partial charge is 0.458 e. The Balaban J connectivity index is 1.69. The lowest BCUT2D eigenvalue weighted by molar-refractivity contribution is -0.207. The van der Waals surface area contributed by atoms with Gasteiger partial charge in [-0.05, 0) is 19.8 Å². The zero-order chi connectivity index (χ0) is 21.1. The molecule has 0 aromatic heterocycles. The van der Waals surface area contributed by atoms with Crippen molar-refractivity contribution < 1.29 is 50.5 Å². The van der Waals surface area contributed by atoms with Crippen LogP contribution in [0.3, 0.4) is 0 Å². The molecular formula is C17H17F5O6. The van der Waals surface area contributed by atoms with Crippen molar-refractivity contribution in [3.05, 3.63) is 12.2 Å². The van der Waals surface area contributed by atoms with Crippen molar-refractivity contribution in [2.75, 3.05) is 6.61 Å². The van der Waals surface area contributed by atoms with Crippen molar-refractivity contribution in [1.82, 2.24) is 0 Å². The first-order valence-electron chi connectivity index (χ1n) is 8.46. The highest BCUT2D eigenvalue weighted by molar-refractivity contribution is 6.03. The number of hydrogen-bond acceptors (Lipinski definition) is 6. The predicted octanol–water partition coefficient (Wildman–Crippen LogP) is 2.56. The van der Waals surface area contributed by atoms with Gasteiger partial charge in [0.25, 0.3) is 5.92 Å². The monoisotopic (exact) mass is 412 g/mol. The van der Waals surface area contributed by atoms with Gasteiger partial charge in [-0.25, -0.2) is 13.6 Å². The zero-order valence-electron chi connectivity index (χ0n) is 14.7. The smallest absolute Gasteiger partial charge is 0.394 e. The highest BCUT2D eigenvalue weighted by atomic mass is 19.4. The third kappa shape index (κ3) is 3.35. The van der Waals surface area contributed by atoms with Crippen LogP contribution in [-0.4, -0.2) is 48.8 Å². The van der Waals surface area contributed by atoms with Gasteiger partial charge in [0, 0.05) is 17.4 Å². The van der Waals surface area contributed by atoms with Crippen molar-refractivity contribution in [3.63, 3.8) is 0 Å². The maximum Gasteiger partial charge on any atom is 0.394 e. The van der Waals surface area contributed by atoms with E-state index in [1.165, 1.54) is 6.92 Å². The summed E-state index contributed by atoms with van der Waals surface area (Å²) in [5.74, 6) is -8.53. The molecule has 11 heteroatoms. The van der Waals surface area contributed by atoms with Gasteiger partial charge in [-0.15, -0.1) is 0 Å². The van der Waals surface area contributed by atoms with Crippen LogP contribution < -0.4 is 0 Å². The number of ether oxygens (including phenoxy) is 3. The van der Waals surface area contributed by atoms with Gasteiger partial charge in [0.05, 0.1) is 0 Å². The Bertz CT molecular complexity index is 732. The molecule has 5 unspecified atom stereocenters. The highest BCUT2D eigenvalue weighted by Crippen LogP contribution is 2.63. The van der Waals surface area contributed by atoms with Gasteiger partial charge < -0.3 is 14.2 Å². The van der Waals surface area contributed by atoms with E-state index in [1.54, 1.807) is 0 Å². The SMILES string of the molecule is C=C(C)C(=O)OC1C2CC3C1OC(=O)C3(C(=O)OCC(F)(F)CC(F)(F)F)C2. The Labute approximate surface area is 156 Å². The second kappa shape index (κ2) is 6.41. The fraction of sp³-hybridized carbons (Fsp3) is 0.706. The van der Waals surface area contributed by atoms with E-state index in [0.717, 1.165) is 0 Å². The van der Waals surface area contributed by atoms with Crippen LogP contribution in [0, 0.1) is 17.3 Å². The van der Waals surface area contributed by atoms with E-state index in [2.05, 4.69) is 11.3 Å². The molecule has 1 heterocycles. The maximum absolute atomic E-state index is 13.4. The second-order valence-electron chi connectivity index (χ2n) is 7.52. The van der Waals surface area contributed by atoms with Crippen LogP contribution in [0.5, 0.6) is 0 Å². The van der Waals surface area contributed by atoms with Crippen LogP contribution in [0.4, 0.5) is 22.0 Å². The van der Waals surface area contributed by atoms with Crippen LogP contribution in [-0.2, 0) is 28.6 Å². The normalized spacial score (nSPS) is 33.6. The van der Waals surface area contributed by atoms with E-state index in [1.807, 2.05) is 0 Å². The molecule has 0 aromatic rings. The van der Waals surface area contributed by atoms with Gasteiger partial charge in [0.15, 0.2) is 12.0 Å². The van der Waals surface area contributed by atoms with E-state index in [0.29, 0.717) is 0 Å². The molecule has 3 fully saturated rings. The molecule has 156 valence electrons. The van der Waals surface area contributed by atoms with E-state index >= 15 is 0 Å². The molecule has 6 nitrogen and oxygen atoms in total. The molecule has 0 radical (unpaired) electrons. The van der Waals surface area contributed by atoms with Crippen LogP contribution in [0.1, 0.15) is 26.2 Å². The molecule has 3 aliphatic rings. The fourth-order valence-electron chi connectivity index (χ4n) is 4.30. The van der Waals surface area contributed by atoms with Crippen LogP contribution >= 0.6 is 0 Å². The molecule has 0 amide bonds. The topological polar surface area (TPSA) is 78.9 Å². The summed E-state index contributed by atoms with van der Waals surface area (Å²) in [5.41, 5.74) is -1.72. The Kier molecular flexibility index (Phi) is 4.70. The first-order valence-corrected chi connectivity index (χ1v) is 8.46. The molecule has 2 aliphatic carbocycles. The molecule has 5 atom stereocenters. The lowest BCUT2D eigenvalue weighted by atomic mass is 9.73. The first kappa shape index (κ1) is 20.5. The third-order valence-electron chi connectivity index (χ3n) is 5.40. The average molecular weight is 412 g/mol. The zero-order valence-corrected chi connectivity index (χ0v) is 14.7. The summed E-state index contributed by atoms with van der Waals surface area (Å²) in [4.78, 5) is 36.5. The lowest BCUT2D eigenvalue weighted by Crippen LogP contribution is -2.46. The number of carbonyl (C=O) groups is 3. The molecule has 1 aliphatic heterocycles. The number of hydrogen-bond donors (Lipinski definition) is 0. The summed E-state index contributed by atoms with van der Waals surface area (Å²) in [7, 11) is 0. The van der Waals surface area contributed by atoms with E-state index < -0.39 is 72.5 Å². The van der Waals surface area contributed by atoms with E-state index in [-0.39, 0.29) is 18.4 Å². The number of rotatable bonds is 6. The molecule has 0 N–H and O–H groups in total. The Morgan fingerprint density at radius 1 is 1.29 bits per heavy atom. The minimum Gasteiger partial charge on any atom is -0.458 e. The lowest BCUT2D eigenvalue weighted by Gasteiger charge is -2.30. The van der Waals surface area contributed by atoms with Crippen LogP contribution in [0.25, 0.3) is 0 Å². The van der Waals surface area contributed by atoms with Crippen molar-refractivity contribution >= 4 is 17.9 Å². The number of halogens is 5. The summed E-state index contributed by atoms with van der Waals surface area (Å²) in [5, 5.41) is 0. The van der Waals surface area contributed by atoms with Crippen LogP contribution in [0.15, 0.2) is 12.2 Å². The van der Waals surface area contributed by atoms with E-state index in [9.17, 15) is 36.3 Å². The van der Waals surface area contributed by atoms with Crippen molar-refractivity contribution in [2.45, 2.75) is 50.5 Å². The minimum atomic E-state index is -5.14. The molecule has 0 spiro atoms. The summed E-state index contributed by atoms with van der Waals surface area (Å²) in [6.45, 7) is 3.08. The van der Waals surface area contributed by atoms with Gasteiger partial charge >= 0.3 is 24.1 Å². The number of fused-ring (bicyclic) bond motifs is 1. The second-order valence-corrected chi connectivity index (χ2v) is 7.52. The first-order chi connectivity index (χ1) is 12.8. The summed E-state index contributed by atoms with van der Waals surface area (Å²) >= 11 is 0. The van der Waals surface area contributed by atoms with Gasteiger partial charge in [0.1, 0.15) is 18.6 Å². The van der Waals surface area contributed by atoms with E-state index in [4.69, 9.17) is 9.47 Å². The summed E-state index contributed by atoms with van der Waals surface area (Å²) < 4.78 is 78.1. The molecule has 1 saturated heterocycles. The van der Waals surface area contributed by atoms with Crippen LogP contribution in [0.2, 0.25) is 0 Å². The maximum atomic E-state index is 13.4. The Morgan fingerprint density at radius 2 is 1.93 bits per heavy atom. The molecular weight excluding hydrogens is 395 g/mol. The van der Waals surface area contributed by atoms with Gasteiger partial charge in [-0.1, -0.05) is 6.58 Å². The Morgan fingerprint density at radius 3 is 2.50 bits per heavy atom. The van der Waals surface area contributed by atoms with Gasteiger partial charge in [0.2, 0.25) is 0 Å². The fourth-order valence-corrected chi connectivity index (χ4v) is 4.30. The molecule has 3 rings (SSSR count). The summed E-state index contributed by atoms with van der Waals surface area (Å²) in [6, 6.07) is 0. The van der Waals surface area contributed by atoms with Crippen molar-refractivity contribution in [2.24, 2.45) is 17.3 Å². The molecule has 2 bridgehead atoms. The number of esters is 3. The minimum absolute atomic E-state index is 0.129. The molecule has 0 aromatic carbocycles. The van der Waals surface area contributed by atoms with Gasteiger partial charge in [-0.3, -0.25) is 9.59 Å². The number of carbonyl (C=O) groups excluding carboxylic acids is 3. The molecule has 28 heavy (non-hydrogen) atoms. The van der Waals surface area contributed by atoms with Gasteiger partial charge in [-0.2, -0.15) is 13.2 Å². The quantitative estimate of drug-likeness (QED) is 0.219. The third-order valence-corrected chi connectivity index (χ3v) is 5.40. The average Bonchev–Trinajstić information content (AvgIpc) is 3.12. The molecule has 2 saturated carbocycles.